The third-order valence-electron chi connectivity index (χ3n) is 17.1. The molecule has 4 heteroatoms. The highest BCUT2D eigenvalue weighted by Crippen LogP contribution is 2.19. The van der Waals surface area contributed by atoms with Crippen molar-refractivity contribution in [2.75, 3.05) is 6.61 Å². The minimum atomic E-state index is -0.843. The average molecular weight is 1160 g/mol. The number of allylic oxidation sites excluding steroid dienone is 13. The van der Waals surface area contributed by atoms with Gasteiger partial charge >= 0.3 is 0 Å². The fraction of sp³-hybridized carbons (Fsp3) is 0.810. The number of hydrogen-bond acceptors (Lipinski definition) is 3. The highest BCUT2D eigenvalue weighted by atomic mass is 16.3. The summed E-state index contributed by atoms with van der Waals surface area (Å²) in [6, 6.07) is -0.626. The van der Waals surface area contributed by atoms with E-state index < -0.39 is 12.1 Å². The van der Waals surface area contributed by atoms with E-state index in [0.717, 1.165) is 64.2 Å². The number of carbonyl (C=O) groups excluding carboxylic acids is 1. The van der Waals surface area contributed by atoms with E-state index in [-0.39, 0.29) is 12.5 Å². The van der Waals surface area contributed by atoms with Crippen LogP contribution in [0.4, 0.5) is 0 Å². The van der Waals surface area contributed by atoms with E-state index in [4.69, 9.17) is 0 Å². The molecule has 4 nitrogen and oxygen atoms in total. The normalized spacial score (nSPS) is 13.2. The maximum Gasteiger partial charge on any atom is 0.220 e. The van der Waals surface area contributed by atoms with Crippen LogP contribution in [0.3, 0.4) is 0 Å². The van der Waals surface area contributed by atoms with Crippen molar-refractivity contribution in [1.82, 2.24) is 5.32 Å². The number of amides is 1. The second-order valence-corrected chi connectivity index (χ2v) is 25.3. The maximum atomic E-state index is 12.6. The molecule has 1 amide bonds. The van der Waals surface area contributed by atoms with Gasteiger partial charge in [0.25, 0.3) is 0 Å². The summed E-state index contributed by atoms with van der Waals surface area (Å²) in [6.07, 6.45) is 108. The van der Waals surface area contributed by atoms with Crippen LogP contribution in [-0.2, 0) is 4.79 Å². The molecule has 0 aliphatic carbocycles. The molecule has 0 spiro atoms. The number of nitrogens with one attached hydrogen (secondary N) is 1. The Balaban J connectivity index is 3.44. The van der Waals surface area contributed by atoms with E-state index in [1.807, 2.05) is 6.08 Å². The molecule has 0 rings (SSSR count). The Morgan fingerprint density at radius 1 is 0.301 bits per heavy atom. The van der Waals surface area contributed by atoms with Crippen molar-refractivity contribution in [2.24, 2.45) is 0 Å². The summed E-state index contributed by atoms with van der Waals surface area (Å²) < 4.78 is 0. The van der Waals surface area contributed by atoms with Crippen molar-refractivity contribution < 1.29 is 15.0 Å². The average Bonchev–Trinajstić information content (AvgIpc) is 3.51. The zero-order valence-electron chi connectivity index (χ0n) is 56.0. The van der Waals surface area contributed by atoms with Gasteiger partial charge in [0.15, 0.2) is 0 Å². The third-order valence-corrected chi connectivity index (χ3v) is 17.1. The largest absolute Gasteiger partial charge is 0.394 e. The fourth-order valence-corrected chi connectivity index (χ4v) is 11.5. The van der Waals surface area contributed by atoms with Gasteiger partial charge in [0.05, 0.1) is 18.8 Å². The first-order valence-corrected chi connectivity index (χ1v) is 37.3. The molecule has 2 unspecified atom stereocenters. The summed E-state index contributed by atoms with van der Waals surface area (Å²) in [4.78, 5) is 12.6. The van der Waals surface area contributed by atoms with Gasteiger partial charge in [-0.05, 0) is 70.6 Å². The van der Waals surface area contributed by atoms with Crippen LogP contribution in [-0.4, -0.2) is 34.9 Å². The summed E-state index contributed by atoms with van der Waals surface area (Å²) >= 11 is 0. The predicted molar refractivity (Wildman–Crippen MR) is 373 cm³/mol. The summed E-state index contributed by atoms with van der Waals surface area (Å²) in [5.74, 6) is -0.0581. The summed E-state index contributed by atoms with van der Waals surface area (Å²) in [7, 11) is 0. The molecule has 0 saturated heterocycles. The molecule has 0 fully saturated rings. The van der Waals surface area contributed by atoms with Crippen LogP contribution in [0, 0.1) is 0 Å². The molecule has 0 heterocycles. The maximum absolute atomic E-state index is 12.6. The summed E-state index contributed by atoms with van der Waals surface area (Å²) in [5.41, 5.74) is 0. The highest BCUT2D eigenvalue weighted by Gasteiger charge is 2.18. The minimum absolute atomic E-state index is 0.0581. The molecule has 0 aromatic rings. The lowest BCUT2D eigenvalue weighted by molar-refractivity contribution is -0.123. The molecule has 0 aromatic heterocycles. The second kappa shape index (κ2) is 73.8. The molecule has 0 aliphatic heterocycles. The molecular weight excluding hydrogens is 1010 g/mol. The Bertz CT molecular complexity index is 1450. The van der Waals surface area contributed by atoms with Crippen LogP contribution in [0.1, 0.15) is 393 Å². The number of carbonyl (C=O) groups is 1. The van der Waals surface area contributed by atoms with Gasteiger partial charge in [0, 0.05) is 6.42 Å². The van der Waals surface area contributed by atoms with Crippen LogP contribution < -0.4 is 5.32 Å². The molecular formula is C79H145NO3. The first-order valence-electron chi connectivity index (χ1n) is 37.3. The van der Waals surface area contributed by atoms with Crippen molar-refractivity contribution in [2.45, 2.75) is 405 Å². The molecule has 2 atom stereocenters. The topological polar surface area (TPSA) is 69.6 Å². The molecule has 83 heavy (non-hydrogen) atoms. The van der Waals surface area contributed by atoms with Gasteiger partial charge in [0.1, 0.15) is 0 Å². The zero-order valence-corrected chi connectivity index (χ0v) is 56.0. The van der Waals surface area contributed by atoms with Gasteiger partial charge in [0.2, 0.25) is 5.91 Å². The Hall–Kier alpha value is -2.43. The lowest BCUT2D eigenvalue weighted by Crippen LogP contribution is -2.45. The van der Waals surface area contributed by atoms with E-state index in [0.29, 0.717) is 6.42 Å². The smallest absolute Gasteiger partial charge is 0.220 e. The van der Waals surface area contributed by atoms with Crippen LogP contribution in [0.25, 0.3) is 0 Å². The molecule has 0 aliphatic rings. The van der Waals surface area contributed by atoms with E-state index in [9.17, 15) is 15.0 Å². The monoisotopic (exact) mass is 1160 g/mol. The zero-order chi connectivity index (χ0) is 59.8. The lowest BCUT2D eigenvalue weighted by Gasteiger charge is -2.20. The van der Waals surface area contributed by atoms with Gasteiger partial charge in [-0.25, -0.2) is 0 Å². The van der Waals surface area contributed by atoms with Crippen molar-refractivity contribution in [3.63, 3.8) is 0 Å². The highest BCUT2D eigenvalue weighted by molar-refractivity contribution is 5.76. The number of aliphatic hydroxyl groups excluding tert-OH is 2. The minimum Gasteiger partial charge on any atom is -0.394 e. The molecule has 0 saturated carbocycles. The van der Waals surface area contributed by atoms with Crippen molar-refractivity contribution in [3.05, 3.63) is 85.1 Å². The van der Waals surface area contributed by atoms with Crippen LogP contribution in [0.5, 0.6) is 0 Å². The molecule has 0 radical (unpaired) electrons. The van der Waals surface area contributed by atoms with Crippen LogP contribution >= 0.6 is 0 Å². The quantitative estimate of drug-likeness (QED) is 0.0420. The van der Waals surface area contributed by atoms with Gasteiger partial charge in [-0.15, -0.1) is 0 Å². The van der Waals surface area contributed by atoms with Crippen LogP contribution in [0.2, 0.25) is 0 Å². The third kappa shape index (κ3) is 70.2. The van der Waals surface area contributed by atoms with E-state index in [1.165, 1.54) is 308 Å². The van der Waals surface area contributed by atoms with Crippen molar-refractivity contribution >= 4 is 5.91 Å². The van der Waals surface area contributed by atoms with Gasteiger partial charge in [-0.1, -0.05) is 401 Å². The second-order valence-electron chi connectivity index (χ2n) is 25.3. The van der Waals surface area contributed by atoms with Gasteiger partial charge < -0.3 is 15.5 Å². The van der Waals surface area contributed by atoms with Gasteiger partial charge in [-0.2, -0.15) is 0 Å². The first kappa shape index (κ1) is 80.6. The number of hydrogen-bond donors (Lipinski definition) is 3. The molecule has 0 bridgehead atoms. The van der Waals surface area contributed by atoms with E-state index >= 15 is 0 Å². The van der Waals surface area contributed by atoms with Gasteiger partial charge in [-0.3, -0.25) is 4.79 Å². The fourth-order valence-electron chi connectivity index (χ4n) is 11.5. The van der Waals surface area contributed by atoms with Crippen molar-refractivity contribution in [3.8, 4) is 0 Å². The van der Waals surface area contributed by atoms with Crippen molar-refractivity contribution in [1.29, 1.82) is 0 Å². The molecule has 3 N–H and O–H groups in total. The summed E-state index contributed by atoms with van der Waals surface area (Å²) in [5, 5.41) is 23.3. The number of aliphatic hydroxyl groups is 2. The Labute approximate surface area is 520 Å². The van der Waals surface area contributed by atoms with E-state index in [2.05, 4.69) is 92.1 Å². The van der Waals surface area contributed by atoms with E-state index in [1.54, 1.807) is 6.08 Å². The Kier molecular flexibility index (Phi) is 71.7. The predicted octanol–water partition coefficient (Wildman–Crippen LogP) is 25.8. The standard InChI is InChI=1S/C79H145NO3/c1-3-5-7-9-11-13-15-17-19-21-23-25-27-29-31-33-35-37-38-39-40-41-42-43-45-47-49-51-53-55-57-59-61-63-65-67-69-71-73-75-79(83)80-77(76-81)78(82)74-72-70-68-66-64-62-60-58-56-54-52-50-48-46-44-36-34-32-30-28-26-24-22-20-18-16-14-12-10-8-6-4-2/h5,7,11,13,17,19,23,25,29,31,35,37,72,74,77-78,81-82H,3-4,6,8-10,12,14-16,18,20-22,24,26-28,30,32-34,36,38-71,73,75-76H2,1-2H3,(H,80,83)/b7-5-,13-11-,19-17-,25-23-,31-29-,37-35-,74-72+. The molecule has 484 valence electrons. The Morgan fingerprint density at radius 3 is 0.795 bits per heavy atom. The number of rotatable bonds is 69. The molecule has 0 aromatic carbocycles. The lowest BCUT2D eigenvalue weighted by atomic mass is 10.0. The Morgan fingerprint density at radius 2 is 0.530 bits per heavy atom. The van der Waals surface area contributed by atoms with Crippen LogP contribution in [0.15, 0.2) is 85.1 Å². The number of unbranched alkanes of at least 4 members (excludes halogenated alkanes) is 50. The summed E-state index contributed by atoms with van der Waals surface area (Å²) in [6.45, 7) is 4.23. The first-order chi connectivity index (χ1) is 41.2. The SMILES string of the molecule is CC/C=C\C/C=C\C/C=C\C/C=C\C/C=C\C/C=C\CCCCCCCCCCCCCCCCCCCCCCC(=O)NC(CO)C(O)/C=C/CCCCCCCCCCCCCCCCCCCCCCCCCCCCCCCC.